The Labute approximate surface area is 34.7 Å². The zero-order chi connectivity index (χ0) is 4.41. The number of rotatable bonds is 0. The Morgan fingerprint density at radius 2 is 2.67 bits per heavy atom. The lowest BCUT2D eigenvalue weighted by Gasteiger charge is -1.69. The minimum absolute atomic E-state index is 0.420. The standard InChI is InChI=1S/C3H4NO2/c5-4-2-1-3-6-4/h1-2H,3H2/q+1. The van der Waals surface area contributed by atoms with Crippen LogP contribution < -0.4 is 0 Å². The topological polar surface area (TPSA) is 29.3 Å². The molecule has 0 spiro atoms. The van der Waals surface area contributed by atoms with Gasteiger partial charge < -0.3 is 0 Å². The molecule has 1 rings (SSSR count). The Morgan fingerprint density at radius 3 is 2.83 bits per heavy atom. The Bertz CT molecular complexity index is 97.0. The van der Waals surface area contributed by atoms with Gasteiger partial charge in [0.25, 0.3) is 11.1 Å². The quantitative estimate of drug-likeness (QED) is 0.422. The monoisotopic (exact) mass is 86.0 g/mol. The molecule has 0 saturated heterocycles. The van der Waals surface area contributed by atoms with E-state index < -0.39 is 0 Å². The van der Waals surface area contributed by atoms with Crippen LogP contribution in [0.3, 0.4) is 0 Å². The SMILES string of the molecule is O=[N+]1C=CCO1. The van der Waals surface area contributed by atoms with Crippen molar-refractivity contribution in [2.45, 2.75) is 0 Å². The first-order valence-corrected chi connectivity index (χ1v) is 1.65. The summed E-state index contributed by atoms with van der Waals surface area (Å²) >= 11 is 0. The van der Waals surface area contributed by atoms with Gasteiger partial charge in [0.15, 0.2) is 6.61 Å². The van der Waals surface area contributed by atoms with Crippen LogP contribution in [-0.4, -0.2) is 11.5 Å². The molecule has 3 heteroatoms. The Morgan fingerprint density at radius 1 is 1.83 bits per heavy atom. The van der Waals surface area contributed by atoms with Crippen LogP contribution in [0.15, 0.2) is 12.3 Å². The normalized spacial score (nSPS) is 18.3. The summed E-state index contributed by atoms with van der Waals surface area (Å²) in [6, 6.07) is 0. The maximum Gasteiger partial charge on any atom is 0.281 e. The van der Waals surface area contributed by atoms with E-state index in [0.29, 0.717) is 11.5 Å². The third-order valence-electron chi connectivity index (χ3n) is 0.525. The highest BCUT2D eigenvalue weighted by Crippen LogP contribution is 1.88. The summed E-state index contributed by atoms with van der Waals surface area (Å²) in [6.07, 6.45) is 2.98. The van der Waals surface area contributed by atoms with E-state index >= 15 is 0 Å². The fraction of sp³-hybridized carbons (Fsp3) is 0.333. The fourth-order valence-electron chi connectivity index (χ4n) is 0.289. The molecule has 0 saturated carbocycles. The van der Waals surface area contributed by atoms with Crippen molar-refractivity contribution >= 4 is 0 Å². The summed E-state index contributed by atoms with van der Waals surface area (Å²) in [5.74, 6) is 0. The summed E-state index contributed by atoms with van der Waals surface area (Å²) in [7, 11) is 0. The molecule has 0 fully saturated rings. The maximum atomic E-state index is 9.85. The first-order chi connectivity index (χ1) is 2.89. The maximum absolute atomic E-state index is 9.85. The van der Waals surface area contributed by atoms with Gasteiger partial charge in [-0.05, 0) is 0 Å². The van der Waals surface area contributed by atoms with Crippen LogP contribution in [-0.2, 0) is 4.84 Å². The van der Waals surface area contributed by atoms with E-state index in [1.165, 1.54) is 6.20 Å². The minimum Gasteiger partial charge on any atom is -0.223 e. The van der Waals surface area contributed by atoms with Crippen molar-refractivity contribution in [2.24, 2.45) is 0 Å². The summed E-state index contributed by atoms with van der Waals surface area (Å²) in [5.41, 5.74) is 0. The number of nitrogens with zero attached hydrogens (tertiary/aromatic N) is 1. The van der Waals surface area contributed by atoms with E-state index in [4.69, 9.17) is 0 Å². The van der Waals surface area contributed by atoms with Crippen molar-refractivity contribution in [1.82, 2.24) is 0 Å². The summed E-state index contributed by atoms with van der Waals surface area (Å²) in [4.78, 5) is 14.6. The first kappa shape index (κ1) is 3.33. The molecule has 1 heterocycles. The molecule has 0 bridgehead atoms. The molecule has 32 valence electrons. The Balaban J connectivity index is 2.59. The van der Waals surface area contributed by atoms with Crippen LogP contribution in [0.5, 0.6) is 0 Å². The predicted molar refractivity (Wildman–Crippen MR) is 18.7 cm³/mol. The van der Waals surface area contributed by atoms with Crippen LogP contribution in [0.4, 0.5) is 0 Å². The lowest BCUT2D eigenvalue weighted by atomic mass is 10.7. The van der Waals surface area contributed by atoms with Gasteiger partial charge in [0.2, 0.25) is 0 Å². The highest BCUT2D eigenvalue weighted by Gasteiger charge is 2.08. The molecule has 3 nitrogen and oxygen atoms in total. The molecule has 0 aromatic heterocycles. The first-order valence-electron chi connectivity index (χ1n) is 1.65. The molecule has 1 aliphatic rings. The Hall–Kier alpha value is -0.860. The largest absolute Gasteiger partial charge is 0.281 e. The molecule has 6 heavy (non-hydrogen) atoms. The molecule has 0 atom stereocenters. The van der Waals surface area contributed by atoms with E-state index in [9.17, 15) is 4.91 Å². The van der Waals surface area contributed by atoms with Gasteiger partial charge >= 0.3 is 0 Å². The average Bonchev–Trinajstić information content (AvgIpc) is 1.86. The van der Waals surface area contributed by atoms with Crippen molar-refractivity contribution in [3.63, 3.8) is 0 Å². The molecule has 0 aromatic carbocycles. The van der Waals surface area contributed by atoms with E-state index in [-0.39, 0.29) is 0 Å². The molecule has 0 unspecified atom stereocenters. The van der Waals surface area contributed by atoms with Gasteiger partial charge in [0.1, 0.15) is 0 Å². The van der Waals surface area contributed by atoms with Crippen molar-refractivity contribution in [3.05, 3.63) is 17.2 Å². The van der Waals surface area contributed by atoms with Gasteiger partial charge in [0, 0.05) is 6.08 Å². The van der Waals surface area contributed by atoms with Gasteiger partial charge in [-0.1, -0.05) is 0 Å². The summed E-state index contributed by atoms with van der Waals surface area (Å²) < 4.78 is 0. The second-order valence-corrected chi connectivity index (χ2v) is 0.966. The number of hydrogen-bond acceptors (Lipinski definition) is 2. The van der Waals surface area contributed by atoms with Crippen molar-refractivity contribution in [3.8, 4) is 0 Å². The van der Waals surface area contributed by atoms with Gasteiger partial charge in [-0.25, -0.2) is 4.84 Å². The van der Waals surface area contributed by atoms with Gasteiger partial charge in [0.05, 0.1) is 4.91 Å². The molecule has 1 aliphatic heterocycles. The highest BCUT2D eigenvalue weighted by molar-refractivity contribution is 4.72. The van der Waals surface area contributed by atoms with Crippen molar-refractivity contribution in [2.75, 3.05) is 6.61 Å². The van der Waals surface area contributed by atoms with E-state index in [1.807, 2.05) is 0 Å². The molecular formula is C3H4NO2+. The lowest BCUT2D eigenvalue weighted by molar-refractivity contribution is -0.744. The zero-order valence-corrected chi connectivity index (χ0v) is 3.13. The van der Waals surface area contributed by atoms with Gasteiger partial charge in [-0.15, -0.1) is 0 Å². The molecular weight excluding hydrogens is 82.0 g/mol. The summed E-state index contributed by atoms with van der Waals surface area (Å²) in [5, 5.41) is 0. The highest BCUT2D eigenvalue weighted by atomic mass is 16.8. The molecule has 0 radical (unpaired) electrons. The molecule has 0 amide bonds. The Kier molecular flexibility index (Phi) is 0.602. The predicted octanol–water partition coefficient (Wildman–Crippen LogP) is 0.224. The number of hydrogen-bond donors (Lipinski definition) is 0. The van der Waals surface area contributed by atoms with Crippen LogP contribution in [0.2, 0.25) is 0 Å². The lowest BCUT2D eigenvalue weighted by Crippen LogP contribution is -1.90. The molecule has 0 N–H and O–H groups in total. The molecule has 0 aromatic rings. The van der Waals surface area contributed by atoms with E-state index in [1.54, 1.807) is 6.08 Å². The second kappa shape index (κ2) is 1.08. The van der Waals surface area contributed by atoms with Crippen molar-refractivity contribution < 1.29 is 9.76 Å². The molecule has 0 aliphatic carbocycles. The third-order valence-corrected chi connectivity index (χ3v) is 0.525. The third kappa shape index (κ3) is 0.381. The van der Waals surface area contributed by atoms with Crippen LogP contribution in [0, 0.1) is 4.91 Å². The fourth-order valence-corrected chi connectivity index (χ4v) is 0.289. The van der Waals surface area contributed by atoms with Gasteiger partial charge in [-0.2, -0.15) is 0 Å². The van der Waals surface area contributed by atoms with Crippen LogP contribution in [0.1, 0.15) is 0 Å². The summed E-state index contributed by atoms with van der Waals surface area (Å²) in [6.45, 7) is 0.420. The minimum atomic E-state index is 0.420. The second-order valence-electron chi connectivity index (χ2n) is 0.966. The van der Waals surface area contributed by atoms with Crippen LogP contribution >= 0.6 is 0 Å². The van der Waals surface area contributed by atoms with Crippen LogP contribution in [0.25, 0.3) is 0 Å². The smallest absolute Gasteiger partial charge is 0.223 e. The zero-order valence-electron chi connectivity index (χ0n) is 3.13. The van der Waals surface area contributed by atoms with Gasteiger partial charge in [-0.3, -0.25) is 0 Å². The van der Waals surface area contributed by atoms with E-state index in [0.717, 1.165) is 0 Å². The van der Waals surface area contributed by atoms with E-state index in [2.05, 4.69) is 4.84 Å². The van der Waals surface area contributed by atoms with Crippen molar-refractivity contribution in [1.29, 1.82) is 0 Å². The average molecular weight is 86.1 g/mol.